The molecule has 0 fully saturated rings. The van der Waals surface area contributed by atoms with Crippen molar-refractivity contribution in [2.45, 2.75) is 19.3 Å². The Morgan fingerprint density at radius 1 is 0.828 bits per heavy atom. The second-order valence-corrected chi connectivity index (χ2v) is 7.07. The maximum absolute atomic E-state index is 5.43. The number of ether oxygens (including phenoxy) is 4. The van der Waals surface area contributed by atoms with E-state index in [4.69, 9.17) is 18.9 Å². The van der Waals surface area contributed by atoms with Gasteiger partial charge in [-0.3, -0.25) is 4.99 Å². The number of aliphatic imine (C=N–C) groups is 1. The van der Waals surface area contributed by atoms with Gasteiger partial charge in [0.1, 0.15) is 0 Å². The Balaban J connectivity index is 2.10. The lowest BCUT2D eigenvalue weighted by Crippen LogP contribution is -2.40. The van der Waals surface area contributed by atoms with Crippen molar-refractivity contribution in [2.24, 2.45) is 4.99 Å². The first-order chi connectivity index (χ1) is 13.9. The molecule has 7 heteroatoms. The fourth-order valence-electron chi connectivity index (χ4n) is 2.89. The molecule has 2 aromatic carbocycles. The van der Waals surface area contributed by atoms with Gasteiger partial charge in [0.15, 0.2) is 29.0 Å². The van der Waals surface area contributed by atoms with Gasteiger partial charge >= 0.3 is 0 Å². The van der Waals surface area contributed by atoms with E-state index in [9.17, 15) is 0 Å². The van der Waals surface area contributed by atoms with Crippen LogP contribution in [0, 0.1) is 0 Å². The summed E-state index contributed by atoms with van der Waals surface area (Å²) in [4.78, 5) is 4.32. The number of rotatable bonds is 8. The molecule has 0 atom stereocenters. The largest absolute Gasteiger partial charge is 0.493 e. The Kier molecular flexibility index (Phi) is 7.59. The molecule has 0 spiro atoms. The first-order valence-corrected chi connectivity index (χ1v) is 9.30. The van der Waals surface area contributed by atoms with Crippen LogP contribution >= 0.6 is 0 Å². The highest BCUT2D eigenvalue weighted by atomic mass is 16.5. The van der Waals surface area contributed by atoms with E-state index in [1.54, 1.807) is 35.5 Å². The summed E-state index contributed by atoms with van der Waals surface area (Å²) in [5.41, 5.74) is 1.80. The monoisotopic (exact) mass is 401 g/mol. The van der Waals surface area contributed by atoms with Crippen LogP contribution in [0.5, 0.6) is 23.0 Å². The normalized spacial score (nSPS) is 11.6. The predicted molar refractivity (Wildman–Crippen MR) is 117 cm³/mol. The fraction of sp³-hybridized carbons (Fsp3) is 0.409. The molecule has 0 heterocycles. The van der Waals surface area contributed by atoms with Gasteiger partial charge in [-0.15, -0.1) is 0 Å². The first-order valence-electron chi connectivity index (χ1n) is 9.30. The first kappa shape index (κ1) is 22.2. The minimum absolute atomic E-state index is 0.172. The van der Waals surface area contributed by atoms with Crippen molar-refractivity contribution in [1.82, 2.24) is 5.32 Å². The van der Waals surface area contributed by atoms with Crippen LogP contribution in [-0.4, -0.2) is 48.0 Å². The van der Waals surface area contributed by atoms with Crippen molar-refractivity contribution < 1.29 is 18.9 Å². The fourth-order valence-corrected chi connectivity index (χ4v) is 2.89. The lowest BCUT2D eigenvalue weighted by molar-refractivity contribution is 0.353. The third-order valence-electron chi connectivity index (χ3n) is 4.73. The van der Waals surface area contributed by atoms with Crippen molar-refractivity contribution in [3.05, 3.63) is 42.0 Å². The second kappa shape index (κ2) is 9.91. The number of guanidine groups is 1. The second-order valence-electron chi connectivity index (χ2n) is 7.07. The van der Waals surface area contributed by atoms with Gasteiger partial charge in [-0.2, -0.15) is 0 Å². The Bertz CT molecular complexity index is 850. The van der Waals surface area contributed by atoms with E-state index in [0.717, 1.165) is 11.3 Å². The Hall–Kier alpha value is -3.09. The molecule has 7 nitrogen and oxygen atoms in total. The van der Waals surface area contributed by atoms with E-state index in [0.29, 0.717) is 35.5 Å². The molecular weight excluding hydrogens is 370 g/mol. The molecule has 158 valence electrons. The van der Waals surface area contributed by atoms with Crippen molar-refractivity contribution in [3.8, 4) is 23.0 Å². The number of nitrogens with one attached hydrogen (secondary N) is 2. The number of methoxy groups -OCH3 is 4. The van der Waals surface area contributed by atoms with Gasteiger partial charge in [-0.05, 0) is 29.8 Å². The van der Waals surface area contributed by atoms with Crippen LogP contribution in [0.25, 0.3) is 0 Å². The molecule has 0 aliphatic rings. The third-order valence-corrected chi connectivity index (χ3v) is 4.73. The molecule has 0 aliphatic heterocycles. The highest BCUT2D eigenvalue weighted by Crippen LogP contribution is 2.33. The summed E-state index contributed by atoms with van der Waals surface area (Å²) in [7, 11) is 8.23. The van der Waals surface area contributed by atoms with Crippen LogP contribution in [0.2, 0.25) is 0 Å². The zero-order chi connectivity index (χ0) is 21.4. The van der Waals surface area contributed by atoms with E-state index >= 15 is 0 Å². The Morgan fingerprint density at radius 3 is 1.93 bits per heavy atom. The van der Waals surface area contributed by atoms with Crippen molar-refractivity contribution in [2.75, 3.05) is 47.3 Å². The van der Waals surface area contributed by atoms with Crippen LogP contribution in [0.15, 0.2) is 41.4 Å². The topological polar surface area (TPSA) is 73.3 Å². The van der Waals surface area contributed by atoms with Gasteiger partial charge in [0.2, 0.25) is 0 Å². The lowest BCUT2D eigenvalue weighted by Gasteiger charge is -2.27. The molecule has 2 aromatic rings. The molecule has 2 N–H and O–H groups in total. The van der Waals surface area contributed by atoms with Gasteiger partial charge in [0.25, 0.3) is 0 Å². The van der Waals surface area contributed by atoms with E-state index < -0.39 is 0 Å². The smallest absolute Gasteiger partial charge is 0.195 e. The van der Waals surface area contributed by atoms with Crippen LogP contribution < -0.4 is 29.6 Å². The zero-order valence-electron chi connectivity index (χ0n) is 18.3. The summed E-state index contributed by atoms with van der Waals surface area (Å²) < 4.78 is 21.4. The maximum Gasteiger partial charge on any atom is 0.195 e. The van der Waals surface area contributed by atoms with E-state index in [2.05, 4.69) is 29.5 Å². The van der Waals surface area contributed by atoms with Crippen LogP contribution in [-0.2, 0) is 5.41 Å². The maximum atomic E-state index is 5.43. The molecule has 29 heavy (non-hydrogen) atoms. The van der Waals surface area contributed by atoms with Crippen molar-refractivity contribution in [3.63, 3.8) is 0 Å². The van der Waals surface area contributed by atoms with E-state index in [-0.39, 0.29) is 5.41 Å². The Labute approximate surface area is 173 Å². The average Bonchev–Trinajstić information content (AvgIpc) is 2.75. The van der Waals surface area contributed by atoms with Crippen LogP contribution in [0.3, 0.4) is 0 Å². The Morgan fingerprint density at radius 2 is 1.38 bits per heavy atom. The summed E-state index contributed by atoms with van der Waals surface area (Å²) >= 11 is 0. The summed E-state index contributed by atoms with van der Waals surface area (Å²) in [5, 5.41) is 6.66. The standard InChI is InChI=1S/C22H31N3O4/c1-22(2,15-8-10-17(26-4)19(12-15)28-6)14-24-21(23-3)25-16-9-11-18(27-5)20(13-16)29-7/h8-13H,14H2,1-7H3,(H2,23,24,25). The van der Waals surface area contributed by atoms with Crippen molar-refractivity contribution >= 4 is 11.6 Å². The van der Waals surface area contributed by atoms with Gasteiger partial charge in [-0.25, -0.2) is 0 Å². The summed E-state index contributed by atoms with van der Waals surface area (Å²) in [6.07, 6.45) is 0. The quantitative estimate of drug-likeness (QED) is 0.519. The van der Waals surface area contributed by atoms with E-state index in [1.165, 1.54) is 0 Å². The summed E-state index contributed by atoms with van der Waals surface area (Å²) in [6, 6.07) is 11.6. The number of hydrogen-bond donors (Lipinski definition) is 2. The zero-order valence-corrected chi connectivity index (χ0v) is 18.3. The molecule has 0 amide bonds. The summed E-state index contributed by atoms with van der Waals surface area (Å²) in [6.45, 7) is 4.98. The SMILES string of the molecule is CN=C(NCC(C)(C)c1ccc(OC)c(OC)c1)Nc1ccc(OC)c(OC)c1. The number of anilines is 1. The lowest BCUT2D eigenvalue weighted by atomic mass is 9.84. The third kappa shape index (κ3) is 5.47. The molecule has 0 saturated carbocycles. The number of hydrogen-bond acceptors (Lipinski definition) is 5. The molecule has 0 aliphatic carbocycles. The van der Waals surface area contributed by atoms with Crippen molar-refractivity contribution in [1.29, 1.82) is 0 Å². The molecule has 0 aromatic heterocycles. The molecule has 0 radical (unpaired) electrons. The van der Waals surface area contributed by atoms with Gasteiger partial charge < -0.3 is 29.6 Å². The van der Waals surface area contributed by atoms with Gasteiger partial charge in [0.05, 0.1) is 28.4 Å². The molecule has 2 rings (SSSR count). The van der Waals surface area contributed by atoms with Crippen LogP contribution in [0.4, 0.5) is 5.69 Å². The highest BCUT2D eigenvalue weighted by molar-refractivity contribution is 5.93. The minimum Gasteiger partial charge on any atom is -0.493 e. The molecule has 0 saturated heterocycles. The number of benzene rings is 2. The average molecular weight is 402 g/mol. The van der Waals surface area contributed by atoms with Crippen LogP contribution in [0.1, 0.15) is 19.4 Å². The highest BCUT2D eigenvalue weighted by Gasteiger charge is 2.23. The summed E-state index contributed by atoms with van der Waals surface area (Å²) in [5.74, 6) is 3.41. The van der Waals surface area contributed by atoms with Gasteiger partial charge in [-0.1, -0.05) is 19.9 Å². The number of nitrogens with zero attached hydrogens (tertiary/aromatic N) is 1. The minimum atomic E-state index is -0.172. The molecular formula is C22H31N3O4. The molecule has 0 bridgehead atoms. The van der Waals surface area contributed by atoms with E-state index in [1.807, 2.05) is 36.4 Å². The predicted octanol–water partition coefficient (Wildman–Crippen LogP) is 3.69. The molecule has 0 unspecified atom stereocenters. The van der Waals surface area contributed by atoms with Gasteiger partial charge in [0, 0.05) is 30.8 Å².